The Morgan fingerprint density at radius 2 is 1.04 bits per heavy atom. The molecule has 9 heteroatoms. The van der Waals surface area contributed by atoms with Gasteiger partial charge in [-0.05, 0) is 0 Å². The van der Waals surface area contributed by atoms with Crippen LogP contribution in [0, 0.1) is 0 Å². The van der Waals surface area contributed by atoms with Crippen LogP contribution in [0.3, 0.4) is 0 Å². The lowest BCUT2D eigenvalue weighted by Crippen LogP contribution is -2.28. The zero-order valence-electron chi connectivity index (χ0n) is 14.4. The van der Waals surface area contributed by atoms with E-state index in [9.17, 15) is 14.4 Å². The van der Waals surface area contributed by atoms with Gasteiger partial charge in [0.05, 0.1) is 73.6 Å². The van der Waals surface area contributed by atoms with Gasteiger partial charge in [-0.25, -0.2) is 0 Å². The van der Waals surface area contributed by atoms with Crippen LogP contribution in [0.4, 0.5) is 0 Å². The van der Waals surface area contributed by atoms with E-state index < -0.39 is 6.10 Å². The van der Waals surface area contributed by atoms with Crippen LogP contribution in [0.2, 0.25) is 0 Å². The minimum atomic E-state index is -0.440. The highest BCUT2D eigenvalue weighted by atomic mass is 16.6. The van der Waals surface area contributed by atoms with Crippen molar-refractivity contribution < 1.29 is 42.8 Å². The third-order valence-corrected chi connectivity index (χ3v) is 2.85. The number of esters is 3. The lowest BCUT2D eigenvalue weighted by Gasteiger charge is -2.18. The number of hydrogen-bond acceptors (Lipinski definition) is 9. The first-order valence-electron chi connectivity index (χ1n) is 7.51. The van der Waals surface area contributed by atoms with Crippen LogP contribution in [-0.4, -0.2) is 78.4 Å². The van der Waals surface area contributed by atoms with E-state index in [2.05, 4.69) is 14.2 Å². The van der Waals surface area contributed by atoms with Crippen molar-refractivity contribution in [2.24, 2.45) is 0 Å². The second-order valence-corrected chi connectivity index (χ2v) is 4.62. The molecule has 0 saturated heterocycles. The quantitative estimate of drug-likeness (QED) is 0.245. The van der Waals surface area contributed by atoms with Crippen LogP contribution in [0.25, 0.3) is 0 Å². The molecule has 0 aliphatic rings. The van der Waals surface area contributed by atoms with Crippen molar-refractivity contribution in [1.82, 2.24) is 0 Å². The molecule has 9 nitrogen and oxygen atoms in total. The average molecular weight is 350 g/mol. The molecule has 0 radical (unpaired) electrons. The largest absolute Gasteiger partial charge is 0.469 e. The van der Waals surface area contributed by atoms with Crippen molar-refractivity contribution >= 4 is 17.9 Å². The molecular weight excluding hydrogens is 324 g/mol. The van der Waals surface area contributed by atoms with Gasteiger partial charge in [0.15, 0.2) is 0 Å². The van der Waals surface area contributed by atoms with Gasteiger partial charge in [0, 0.05) is 0 Å². The van der Waals surface area contributed by atoms with E-state index in [1.807, 2.05) is 0 Å². The van der Waals surface area contributed by atoms with E-state index in [0.29, 0.717) is 0 Å². The third kappa shape index (κ3) is 12.8. The number of carbonyl (C=O) groups is 3. The molecular formula is C15H26O9. The second kappa shape index (κ2) is 14.9. The van der Waals surface area contributed by atoms with Gasteiger partial charge < -0.3 is 28.4 Å². The van der Waals surface area contributed by atoms with Gasteiger partial charge in [-0.15, -0.1) is 0 Å². The Bertz CT molecular complexity index is 346. The number of rotatable bonds is 14. The summed E-state index contributed by atoms with van der Waals surface area (Å²) in [5.74, 6) is -1.12. The molecule has 0 aliphatic heterocycles. The fourth-order valence-corrected chi connectivity index (χ4v) is 1.50. The Balaban J connectivity index is 4.05. The first-order chi connectivity index (χ1) is 11.5. The molecule has 0 spiro atoms. The van der Waals surface area contributed by atoms with Gasteiger partial charge in [0.1, 0.15) is 6.10 Å². The summed E-state index contributed by atoms with van der Waals surface area (Å²) < 4.78 is 29.7. The van der Waals surface area contributed by atoms with Crippen LogP contribution < -0.4 is 0 Å². The second-order valence-electron chi connectivity index (χ2n) is 4.62. The summed E-state index contributed by atoms with van der Waals surface area (Å²) in [5, 5.41) is 0. The number of ether oxygens (including phenoxy) is 6. The molecule has 0 bridgehead atoms. The van der Waals surface area contributed by atoms with E-state index in [4.69, 9.17) is 14.2 Å². The summed E-state index contributed by atoms with van der Waals surface area (Å²) >= 11 is 0. The van der Waals surface area contributed by atoms with Crippen LogP contribution in [-0.2, 0) is 42.8 Å². The molecule has 0 saturated carbocycles. The molecule has 0 fully saturated rings. The van der Waals surface area contributed by atoms with Gasteiger partial charge in [-0.3, -0.25) is 14.4 Å². The van der Waals surface area contributed by atoms with E-state index >= 15 is 0 Å². The maximum absolute atomic E-state index is 11.1. The van der Waals surface area contributed by atoms with E-state index in [-0.39, 0.29) is 70.2 Å². The average Bonchev–Trinajstić information content (AvgIpc) is 2.60. The number of methoxy groups -OCH3 is 3. The Hall–Kier alpha value is -1.71. The third-order valence-electron chi connectivity index (χ3n) is 2.85. The zero-order valence-corrected chi connectivity index (χ0v) is 14.4. The Morgan fingerprint density at radius 3 is 1.42 bits per heavy atom. The van der Waals surface area contributed by atoms with Crippen molar-refractivity contribution in [3.05, 3.63) is 0 Å². The number of carbonyl (C=O) groups excluding carboxylic acids is 3. The fourth-order valence-electron chi connectivity index (χ4n) is 1.50. The van der Waals surface area contributed by atoms with E-state index in [1.165, 1.54) is 21.3 Å². The van der Waals surface area contributed by atoms with Crippen molar-refractivity contribution in [3.63, 3.8) is 0 Å². The Labute approximate surface area is 141 Å². The van der Waals surface area contributed by atoms with Crippen molar-refractivity contribution in [3.8, 4) is 0 Å². The molecule has 24 heavy (non-hydrogen) atoms. The predicted octanol–water partition coefficient (Wildman–Crippen LogP) is 0.0941. The van der Waals surface area contributed by atoms with Crippen LogP contribution in [0.15, 0.2) is 0 Å². The molecule has 0 heterocycles. The SMILES string of the molecule is COC(=O)CCOCC(COCCC(=O)OC)OCCC(=O)OC. The summed E-state index contributed by atoms with van der Waals surface area (Å²) in [7, 11) is 3.90. The highest BCUT2D eigenvalue weighted by molar-refractivity contribution is 5.69. The first kappa shape index (κ1) is 22.3. The summed E-state index contributed by atoms with van der Waals surface area (Å²) in [6, 6.07) is 0. The molecule has 0 unspecified atom stereocenters. The lowest BCUT2D eigenvalue weighted by molar-refractivity contribution is -0.146. The minimum absolute atomic E-state index is 0.108. The number of hydrogen-bond donors (Lipinski definition) is 0. The van der Waals surface area contributed by atoms with Crippen LogP contribution >= 0.6 is 0 Å². The predicted molar refractivity (Wildman–Crippen MR) is 81.3 cm³/mol. The smallest absolute Gasteiger partial charge is 0.307 e. The minimum Gasteiger partial charge on any atom is -0.469 e. The van der Waals surface area contributed by atoms with Gasteiger partial charge in [0.2, 0.25) is 0 Å². The molecule has 0 aromatic carbocycles. The molecule has 0 atom stereocenters. The summed E-state index contributed by atoms with van der Waals surface area (Å²) in [4.78, 5) is 33.0. The van der Waals surface area contributed by atoms with Gasteiger partial charge in [0.25, 0.3) is 0 Å². The van der Waals surface area contributed by atoms with Crippen LogP contribution in [0.5, 0.6) is 0 Å². The molecule has 0 aliphatic carbocycles. The van der Waals surface area contributed by atoms with Gasteiger partial charge in [-0.2, -0.15) is 0 Å². The Kier molecular flexibility index (Phi) is 13.8. The standard InChI is InChI=1S/C15H26O9/c1-19-13(16)4-7-22-10-12(24-9-6-15(18)21-3)11-23-8-5-14(17)20-2/h12H,4-11H2,1-3H3. The molecule has 0 aromatic rings. The van der Waals surface area contributed by atoms with Crippen molar-refractivity contribution in [2.75, 3.05) is 54.4 Å². The summed E-state index contributed by atoms with van der Waals surface area (Å²) in [6.45, 7) is 0.877. The van der Waals surface area contributed by atoms with Crippen LogP contribution in [0.1, 0.15) is 19.3 Å². The van der Waals surface area contributed by atoms with Gasteiger partial charge >= 0.3 is 17.9 Å². The fraction of sp³-hybridized carbons (Fsp3) is 0.800. The molecule has 140 valence electrons. The van der Waals surface area contributed by atoms with Crippen molar-refractivity contribution in [2.45, 2.75) is 25.4 Å². The molecule has 0 rings (SSSR count). The first-order valence-corrected chi connectivity index (χ1v) is 7.51. The summed E-state index contributed by atoms with van der Waals surface area (Å²) in [6.07, 6.45) is -0.0644. The molecule has 0 N–H and O–H groups in total. The monoisotopic (exact) mass is 350 g/mol. The van der Waals surface area contributed by atoms with Gasteiger partial charge in [-0.1, -0.05) is 0 Å². The lowest BCUT2D eigenvalue weighted by atomic mass is 10.3. The highest BCUT2D eigenvalue weighted by Crippen LogP contribution is 2.00. The topological polar surface area (TPSA) is 107 Å². The maximum Gasteiger partial charge on any atom is 0.307 e. The molecule has 0 aromatic heterocycles. The van der Waals surface area contributed by atoms with E-state index in [1.54, 1.807) is 0 Å². The highest BCUT2D eigenvalue weighted by Gasteiger charge is 2.13. The summed E-state index contributed by atoms with van der Waals surface area (Å²) in [5.41, 5.74) is 0. The zero-order chi connectivity index (χ0) is 18.2. The molecule has 0 amide bonds. The maximum atomic E-state index is 11.1. The van der Waals surface area contributed by atoms with E-state index in [0.717, 1.165) is 0 Å². The normalized spacial score (nSPS) is 10.5. The Morgan fingerprint density at radius 1 is 0.667 bits per heavy atom. The van der Waals surface area contributed by atoms with Crippen molar-refractivity contribution in [1.29, 1.82) is 0 Å².